The van der Waals surface area contributed by atoms with Gasteiger partial charge in [-0.3, -0.25) is 4.79 Å². The molecule has 1 aliphatic rings. The Hall–Kier alpha value is 0.0700. The number of hydrogen-bond acceptors (Lipinski definition) is 3. The zero-order valence-electron chi connectivity index (χ0n) is 10.4. The number of thioether (sulfide) groups is 1. The molecule has 1 heterocycles. The molecule has 0 aliphatic carbocycles. The molecule has 5 heteroatoms. The number of amides is 1. The van der Waals surface area contributed by atoms with Crippen LogP contribution in [0.3, 0.4) is 0 Å². The lowest BCUT2D eigenvalue weighted by Gasteiger charge is -2.22. The van der Waals surface area contributed by atoms with Gasteiger partial charge in [0.25, 0.3) is 0 Å². The van der Waals surface area contributed by atoms with Gasteiger partial charge in [0, 0.05) is 13.1 Å². The highest BCUT2D eigenvalue weighted by molar-refractivity contribution is 7.98. The van der Waals surface area contributed by atoms with Gasteiger partial charge >= 0.3 is 0 Å². The predicted molar refractivity (Wildman–Crippen MR) is 73.2 cm³/mol. The van der Waals surface area contributed by atoms with Gasteiger partial charge in [0.1, 0.15) is 0 Å². The van der Waals surface area contributed by atoms with Crippen molar-refractivity contribution in [3.63, 3.8) is 0 Å². The van der Waals surface area contributed by atoms with Crippen molar-refractivity contribution in [2.24, 2.45) is 11.1 Å². The standard InChI is InChI=1S/C11H22N2OS.ClH/c1-11(2)5-6-13(8-11)10(14)9(12)4-7-15-3;/h9H,4-8,12H2,1-3H3;1H/t9-;/m0./s1. The summed E-state index contributed by atoms with van der Waals surface area (Å²) in [5.41, 5.74) is 6.14. The lowest BCUT2D eigenvalue weighted by atomic mass is 9.93. The number of halogens is 1. The number of likely N-dealkylation sites (tertiary alicyclic amines) is 1. The fourth-order valence-corrected chi connectivity index (χ4v) is 2.39. The highest BCUT2D eigenvalue weighted by Gasteiger charge is 2.33. The fourth-order valence-electron chi connectivity index (χ4n) is 1.90. The van der Waals surface area contributed by atoms with Gasteiger partial charge in [0.15, 0.2) is 0 Å². The van der Waals surface area contributed by atoms with Gasteiger partial charge in [-0.2, -0.15) is 11.8 Å². The Morgan fingerprint density at radius 3 is 2.62 bits per heavy atom. The largest absolute Gasteiger partial charge is 0.341 e. The predicted octanol–water partition coefficient (Wildman–Crippen LogP) is 1.75. The lowest BCUT2D eigenvalue weighted by molar-refractivity contribution is -0.131. The van der Waals surface area contributed by atoms with Crippen LogP contribution in [0, 0.1) is 5.41 Å². The van der Waals surface area contributed by atoms with Gasteiger partial charge in [0.05, 0.1) is 6.04 Å². The topological polar surface area (TPSA) is 46.3 Å². The van der Waals surface area contributed by atoms with Crippen LogP contribution in [0.4, 0.5) is 0 Å². The van der Waals surface area contributed by atoms with Gasteiger partial charge in [-0.25, -0.2) is 0 Å². The van der Waals surface area contributed by atoms with E-state index in [-0.39, 0.29) is 29.8 Å². The lowest BCUT2D eigenvalue weighted by Crippen LogP contribution is -2.43. The third kappa shape index (κ3) is 4.52. The van der Waals surface area contributed by atoms with Crippen molar-refractivity contribution in [3.05, 3.63) is 0 Å². The average Bonchev–Trinajstić information content (AvgIpc) is 2.54. The quantitative estimate of drug-likeness (QED) is 0.843. The molecule has 0 unspecified atom stereocenters. The van der Waals surface area contributed by atoms with E-state index < -0.39 is 0 Å². The minimum Gasteiger partial charge on any atom is -0.341 e. The van der Waals surface area contributed by atoms with Crippen LogP contribution in [0.5, 0.6) is 0 Å². The molecule has 1 rings (SSSR count). The van der Waals surface area contributed by atoms with Crippen LogP contribution in [0.25, 0.3) is 0 Å². The van der Waals surface area contributed by atoms with Gasteiger partial charge in [-0.05, 0) is 30.3 Å². The van der Waals surface area contributed by atoms with Crippen LogP contribution in [-0.2, 0) is 4.79 Å². The van der Waals surface area contributed by atoms with Gasteiger partial charge in [-0.15, -0.1) is 12.4 Å². The minimum atomic E-state index is -0.300. The number of carbonyl (C=O) groups excluding carboxylic acids is 1. The van der Waals surface area contributed by atoms with Gasteiger partial charge < -0.3 is 10.6 Å². The molecule has 96 valence electrons. The van der Waals surface area contributed by atoms with Crippen molar-refractivity contribution in [1.82, 2.24) is 4.90 Å². The molecule has 0 aromatic carbocycles. The summed E-state index contributed by atoms with van der Waals surface area (Å²) in [6.45, 7) is 6.14. The molecule has 2 N–H and O–H groups in total. The maximum Gasteiger partial charge on any atom is 0.239 e. The molecule has 0 spiro atoms. The molecule has 0 aromatic rings. The van der Waals surface area contributed by atoms with E-state index in [2.05, 4.69) is 13.8 Å². The zero-order valence-corrected chi connectivity index (χ0v) is 12.0. The molecule has 0 bridgehead atoms. The van der Waals surface area contributed by atoms with Crippen LogP contribution >= 0.6 is 24.2 Å². The van der Waals surface area contributed by atoms with Crippen LogP contribution in [0.15, 0.2) is 0 Å². The first-order chi connectivity index (χ1) is 6.96. The number of rotatable bonds is 4. The van der Waals surface area contributed by atoms with Crippen LogP contribution < -0.4 is 5.73 Å². The molecule has 3 nitrogen and oxygen atoms in total. The van der Waals surface area contributed by atoms with E-state index in [1.807, 2.05) is 11.2 Å². The van der Waals surface area contributed by atoms with Crippen LogP contribution in [0.1, 0.15) is 26.7 Å². The zero-order chi connectivity index (χ0) is 11.5. The highest BCUT2D eigenvalue weighted by atomic mass is 35.5. The second-order valence-electron chi connectivity index (χ2n) is 5.06. The number of nitrogens with zero attached hydrogens (tertiary/aromatic N) is 1. The summed E-state index contributed by atoms with van der Waals surface area (Å²) in [5, 5.41) is 0. The SMILES string of the molecule is CSCC[C@H](N)C(=O)N1CCC(C)(C)C1.Cl. The van der Waals surface area contributed by atoms with E-state index in [1.54, 1.807) is 11.8 Å². The maximum absolute atomic E-state index is 11.9. The normalized spacial score (nSPS) is 20.4. The number of hydrogen-bond donors (Lipinski definition) is 1. The molecular weight excluding hydrogens is 244 g/mol. The number of carbonyl (C=O) groups is 1. The Balaban J connectivity index is 0.00000225. The minimum absolute atomic E-state index is 0. The van der Waals surface area contributed by atoms with Crippen molar-refractivity contribution in [1.29, 1.82) is 0 Å². The molecule has 0 aromatic heterocycles. The number of nitrogens with two attached hydrogens (primary N) is 1. The monoisotopic (exact) mass is 266 g/mol. The second-order valence-corrected chi connectivity index (χ2v) is 6.05. The maximum atomic E-state index is 11.9. The smallest absolute Gasteiger partial charge is 0.239 e. The Morgan fingerprint density at radius 2 is 2.19 bits per heavy atom. The second kappa shape index (κ2) is 6.72. The summed E-state index contributed by atoms with van der Waals surface area (Å²) in [5.74, 6) is 1.10. The van der Waals surface area contributed by atoms with E-state index >= 15 is 0 Å². The molecule has 1 fully saturated rings. The molecule has 1 atom stereocenters. The van der Waals surface area contributed by atoms with E-state index in [4.69, 9.17) is 5.73 Å². The average molecular weight is 267 g/mol. The van der Waals surface area contributed by atoms with Crippen LogP contribution in [0.2, 0.25) is 0 Å². The summed E-state index contributed by atoms with van der Waals surface area (Å²) < 4.78 is 0. The fraction of sp³-hybridized carbons (Fsp3) is 0.909. The van der Waals surface area contributed by atoms with Gasteiger partial charge in [-0.1, -0.05) is 13.8 Å². The Labute approximate surface area is 109 Å². The summed E-state index contributed by atoms with van der Waals surface area (Å²) in [4.78, 5) is 13.9. The van der Waals surface area contributed by atoms with Crippen molar-refractivity contribution >= 4 is 30.1 Å². The summed E-state index contributed by atoms with van der Waals surface area (Å²) in [7, 11) is 0. The van der Waals surface area contributed by atoms with Gasteiger partial charge in [0.2, 0.25) is 5.91 Å². The van der Waals surface area contributed by atoms with E-state index in [0.717, 1.165) is 31.7 Å². The van der Waals surface area contributed by atoms with Crippen LogP contribution in [-0.4, -0.2) is 41.9 Å². The molecule has 1 saturated heterocycles. The third-order valence-corrected chi connectivity index (χ3v) is 3.58. The summed E-state index contributed by atoms with van der Waals surface area (Å²) in [6, 6.07) is -0.300. The Kier molecular flexibility index (Phi) is 6.75. The van der Waals surface area contributed by atoms with E-state index in [9.17, 15) is 4.79 Å². The Bertz CT molecular complexity index is 236. The molecule has 1 aliphatic heterocycles. The summed E-state index contributed by atoms with van der Waals surface area (Å²) in [6.07, 6.45) is 3.92. The first kappa shape index (κ1) is 16.1. The van der Waals surface area contributed by atoms with Crippen molar-refractivity contribution < 1.29 is 4.79 Å². The highest BCUT2D eigenvalue weighted by Crippen LogP contribution is 2.29. The van der Waals surface area contributed by atoms with Crippen molar-refractivity contribution in [3.8, 4) is 0 Å². The van der Waals surface area contributed by atoms with E-state index in [0.29, 0.717) is 0 Å². The Morgan fingerprint density at radius 1 is 1.56 bits per heavy atom. The third-order valence-electron chi connectivity index (χ3n) is 2.94. The first-order valence-corrected chi connectivity index (χ1v) is 6.89. The van der Waals surface area contributed by atoms with Crippen molar-refractivity contribution in [2.45, 2.75) is 32.7 Å². The van der Waals surface area contributed by atoms with Crippen molar-refractivity contribution in [2.75, 3.05) is 25.1 Å². The summed E-state index contributed by atoms with van der Waals surface area (Å²) >= 11 is 1.74. The molecule has 16 heavy (non-hydrogen) atoms. The van der Waals surface area contributed by atoms with E-state index in [1.165, 1.54) is 0 Å². The first-order valence-electron chi connectivity index (χ1n) is 5.49. The molecule has 1 amide bonds. The molecular formula is C11H23ClN2OS. The molecule has 0 saturated carbocycles. The molecule has 0 radical (unpaired) electrons.